The predicted octanol–water partition coefficient (Wildman–Crippen LogP) is 2.71. The number of alkyl halides is 3. The van der Waals surface area contributed by atoms with E-state index in [0.717, 1.165) is 5.56 Å². The van der Waals surface area contributed by atoms with Crippen LogP contribution < -0.4 is 5.32 Å². The lowest BCUT2D eigenvalue weighted by Crippen LogP contribution is -2.65. The second-order valence-electron chi connectivity index (χ2n) is 6.51. The quantitative estimate of drug-likeness (QED) is 0.732. The fraction of sp³-hybridized carbons (Fsp3) is 0.389. The Bertz CT molecular complexity index is 866. The molecule has 0 aliphatic carbocycles. The molecule has 0 spiro atoms. The first-order chi connectivity index (χ1) is 13.7. The lowest BCUT2D eigenvalue weighted by atomic mass is 9.99. The fourth-order valence-electron chi connectivity index (χ4n) is 2.95. The minimum atomic E-state index is -4.76. The maximum atomic E-state index is 12.6. The van der Waals surface area contributed by atoms with Crippen molar-refractivity contribution in [3.8, 4) is 11.3 Å². The van der Waals surface area contributed by atoms with Gasteiger partial charge in [-0.05, 0) is 19.1 Å². The van der Waals surface area contributed by atoms with Crippen LogP contribution in [0.3, 0.4) is 0 Å². The Hall–Kier alpha value is -2.43. The van der Waals surface area contributed by atoms with Crippen LogP contribution in [0.5, 0.6) is 0 Å². The number of ether oxygens (including phenoxy) is 1. The van der Waals surface area contributed by atoms with Crippen molar-refractivity contribution in [2.75, 3.05) is 18.5 Å². The number of nitrogens with one attached hydrogen (secondary N) is 1. The molecule has 1 aromatic carbocycles. The summed E-state index contributed by atoms with van der Waals surface area (Å²) >= 11 is 5.87. The van der Waals surface area contributed by atoms with Crippen molar-refractivity contribution in [3.63, 3.8) is 0 Å². The number of rotatable bonds is 6. The third kappa shape index (κ3) is 5.14. The van der Waals surface area contributed by atoms with Gasteiger partial charge in [-0.2, -0.15) is 0 Å². The highest BCUT2D eigenvalue weighted by atomic mass is 35.5. The highest BCUT2D eigenvalue weighted by Gasteiger charge is 2.47. The molecule has 0 unspecified atom stereocenters. The van der Waals surface area contributed by atoms with Crippen LogP contribution in [-0.4, -0.2) is 63.6 Å². The first-order valence-corrected chi connectivity index (χ1v) is 9.06. The number of hydrogen-bond donors (Lipinski definition) is 2. The van der Waals surface area contributed by atoms with Crippen LogP contribution >= 0.6 is 11.6 Å². The van der Waals surface area contributed by atoms with Gasteiger partial charge in [0.05, 0.1) is 18.3 Å². The molecule has 1 aliphatic rings. The van der Waals surface area contributed by atoms with Gasteiger partial charge < -0.3 is 15.3 Å². The molecule has 1 saturated heterocycles. The number of amides is 1. The number of likely N-dealkylation sites (tertiary alicyclic amines) is 1. The largest absolute Gasteiger partial charge is 0.522 e. The Morgan fingerprint density at radius 2 is 2.07 bits per heavy atom. The normalized spacial score (nSPS) is 20.1. The van der Waals surface area contributed by atoms with E-state index in [2.05, 4.69) is 20.0 Å². The Morgan fingerprint density at radius 1 is 1.38 bits per heavy atom. The van der Waals surface area contributed by atoms with Crippen LogP contribution in [0.4, 0.5) is 19.0 Å². The van der Waals surface area contributed by atoms with Crippen molar-refractivity contribution in [2.24, 2.45) is 0 Å². The van der Waals surface area contributed by atoms with Gasteiger partial charge in [0.2, 0.25) is 5.91 Å². The van der Waals surface area contributed by atoms with Gasteiger partial charge in [0, 0.05) is 23.2 Å². The van der Waals surface area contributed by atoms with Gasteiger partial charge in [-0.1, -0.05) is 23.7 Å². The number of aliphatic hydroxyl groups excluding tert-OH is 1. The monoisotopic (exact) mass is 430 g/mol. The van der Waals surface area contributed by atoms with E-state index in [9.17, 15) is 23.1 Å². The summed E-state index contributed by atoms with van der Waals surface area (Å²) in [6.45, 7) is 0.681. The van der Waals surface area contributed by atoms with Crippen LogP contribution in [0, 0.1) is 0 Å². The molecule has 3 rings (SSSR count). The molecule has 156 valence electrons. The highest BCUT2D eigenvalue weighted by Crippen LogP contribution is 2.29. The van der Waals surface area contributed by atoms with Crippen molar-refractivity contribution in [1.29, 1.82) is 0 Å². The van der Waals surface area contributed by atoms with Crippen LogP contribution in [-0.2, 0) is 9.53 Å². The Balaban J connectivity index is 1.66. The molecule has 1 aromatic heterocycles. The van der Waals surface area contributed by atoms with Crippen molar-refractivity contribution < 1.29 is 27.8 Å². The summed E-state index contributed by atoms with van der Waals surface area (Å²) in [5.41, 5.74) is 1.34. The predicted molar refractivity (Wildman–Crippen MR) is 99.1 cm³/mol. The lowest BCUT2D eigenvalue weighted by Gasteiger charge is -2.46. The molecule has 1 fully saturated rings. The second-order valence-corrected chi connectivity index (χ2v) is 6.94. The average Bonchev–Trinajstić information content (AvgIpc) is 2.68. The number of anilines is 1. The van der Waals surface area contributed by atoms with Crippen LogP contribution in [0.15, 0.2) is 36.7 Å². The maximum absolute atomic E-state index is 12.6. The summed E-state index contributed by atoms with van der Waals surface area (Å²) in [6, 6.07) is 6.70. The number of aliphatic hydroxyl groups is 1. The number of benzene rings is 1. The zero-order chi connectivity index (χ0) is 21.2. The van der Waals surface area contributed by atoms with E-state index >= 15 is 0 Å². The number of aromatic nitrogens is 2. The topological polar surface area (TPSA) is 87.6 Å². The van der Waals surface area contributed by atoms with Gasteiger partial charge in [-0.3, -0.25) is 9.53 Å². The molecular weight excluding hydrogens is 413 g/mol. The first-order valence-electron chi connectivity index (χ1n) is 8.68. The van der Waals surface area contributed by atoms with E-state index in [0.29, 0.717) is 10.7 Å². The number of nitrogens with zero attached hydrogens (tertiary/aromatic N) is 3. The third-order valence-electron chi connectivity index (χ3n) is 4.58. The minimum Gasteiger partial charge on any atom is -0.394 e. The molecular formula is C18H18ClF3N4O3. The van der Waals surface area contributed by atoms with Crippen LogP contribution in [0.2, 0.25) is 5.02 Å². The number of carbonyl (C=O) groups excluding carboxylic acids is 1. The van der Waals surface area contributed by atoms with E-state index < -0.39 is 37.1 Å². The summed E-state index contributed by atoms with van der Waals surface area (Å²) in [6.07, 6.45) is -4.60. The summed E-state index contributed by atoms with van der Waals surface area (Å²) in [5.74, 6) is -0.262. The standard InChI is InChI=1S/C18H18ClF3N4O3/c1-10-15(29-18(20,21)22)7-26(10)17(28)14(8-27)25-16-6-13(23-9-24-16)11-2-4-12(19)5-3-11/h2-6,9-10,14-15,27H,7-8H2,1H3,(H,23,24,25)/t10-,14+,15-/m0/s1. The molecule has 2 aromatic rings. The van der Waals surface area contributed by atoms with Crippen molar-refractivity contribution in [2.45, 2.75) is 31.5 Å². The van der Waals surface area contributed by atoms with Gasteiger partial charge in [-0.15, -0.1) is 13.2 Å². The zero-order valence-corrected chi connectivity index (χ0v) is 16.0. The number of carbonyl (C=O) groups is 1. The SMILES string of the molecule is C[C@H]1[C@@H](OC(F)(F)F)CN1C(=O)[C@@H](CO)Nc1cc(-c2ccc(Cl)cc2)ncn1. The number of hydrogen-bond acceptors (Lipinski definition) is 6. The summed E-state index contributed by atoms with van der Waals surface area (Å²) < 4.78 is 41.0. The summed E-state index contributed by atoms with van der Waals surface area (Å²) in [4.78, 5) is 22.0. The first kappa shape index (κ1) is 21.3. The average molecular weight is 431 g/mol. The van der Waals surface area contributed by atoms with E-state index in [1.54, 1.807) is 30.3 Å². The molecule has 7 nitrogen and oxygen atoms in total. The van der Waals surface area contributed by atoms with Gasteiger partial charge in [-0.25, -0.2) is 9.97 Å². The van der Waals surface area contributed by atoms with Gasteiger partial charge in [0.1, 0.15) is 24.3 Å². The zero-order valence-electron chi connectivity index (χ0n) is 15.2. The highest BCUT2D eigenvalue weighted by molar-refractivity contribution is 6.30. The third-order valence-corrected chi connectivity index (χ3v) is 4.84. The lowest BCUT2D eigenvalue weighted by molar-refractivity contribution is -0.359. The molecule has 11 heteroatoms. The van der Waals surface area contributed by atoms with Crippen molar-refractivity contribution in [3.05, 3.63) is 41.7 Å². The Labute approximate surface area is 169 Å². The molecule has 0 bridgehead atoms. The Kier molecular flexibility index (Phi) is 6.25. The minimum absolute atomic E-state index is 0.211. The molecule has 1 aliphatic heterocycles. The molecule has 29 heavy (non-hydrogen) atoms. The maximum Gasteiger partial charge on any atom is 0.522 e. The summed E-state index contributed by atoms with van der Waals surface area (Å²) in [7, 11) is 0. The van der Waals surface area contributed by atoms with Gasteiger partial charge in [0.25, 0.3) is 0 Å². The molecule has 0 radical (unpaired) electrons. The fourth-order valence-corrected chi connectivity index (χ4v) is 3.08. The van der Waals surface area contributed by atoms with Crippen molar-refractivity contribution >= 4 is 23.3 Å². The second kappa shape index (κ2) is 8.52. The van der Waals surface area contributed by atoms with Gasteiger partial charge >= 0.3 is 6.36 Å². The van der Waals surface area contributed by atoms with Crippen molar-refractivity contribution in [1.82, 2.24) is 14.9 Å². The van der Waals surface area contributed by atoms with Crippen LogP contribution in [0.1, 0.15) is 6.92 Å². The molecule has 2 heterocycles. The smallest absolute Gasteiger partial charge is 0.394 e. The van der Waals surface area contributed by atoms with E-state index in [4.69, 9.17) is 11.6 Å². The van der Waals surface area contributed by atoms with Crippen LogP contribution in [0.25, 0.3) is 11.3 Å². The molecule has 2 N–H and O–H groups in total. The molecule has 0 saturated carbocycles. The molecule has 3 atom stereocenters. The van der Waals surface area contributed by atoms with Gasteiger partial charge in [0.15, 0.2) is 0 Å². The number of halogens is 4. The Morgan fingerprint density at radius 3 is 2.66 bits per heavy atom. The van der Waals surface area contributed by atoms with E-state index in [-0.39, 0.29) is 12.4 Å². The van der Waals surface area contributed by atoms with E-state index in [1.807, 2.05) is 0 Å². The summed E-state index contributed by atoms with van der Waals surface area (Å²) in [5, 5.41) is 13.0. The van der Waals surface area contributed by atoms with E-state index in [1.165, 1.54) is 18.2 Å². The molecule has 1 amide bonds.